The Morgan fingerprint density at radius 1 is 1.38 bits per heavy atom. The molecule has 1 saturated heterocycles. The summed E-state index contributed by atoms with van der Waals surface area (Å²) in [5, 5.41) is 12.4. The Morgan fingerprint density at radius 2 is 2.14 bits per heavy atom. The van der Waals surface area contributed by atoms with Gasteiger partial charge in [-0.15, -0.1) is 0 Å². The minimum atomic E-state index is -1.00. The molecular weight excluding hydrogens is 272 g/mol. The maximum Gasteiger partial charge on any atom is 0.337 e. The third-order valence-electron chi connectivity index (χ3n) is 3.92. The molecule has 2 amide bonds. The first-order valence-corrected chi connectivity index (χ1v) is 6.64. The standard InChI is InChI=1S/C15H14N2O4/c1-17-11(9-5-6-12(18)16-14(9)19)7-8-3-2-4-10(13(8)17)15(20)21/h2-4,7,9H,5-6H2,1H3,(H,20,21)(H,16,18,19). The number of carboxylic acids is 1. The summed E-state index contributed by atoms with van der Waals surface area (Å²) in [6.45, 7) is 0. The highest BCUT2D eigenvalue weighted by atomic mass is 16.4. The number of hydrogen-bond donors (Lipinski definition) is 2. The largest absolute Gasteiger partial charge is 0.478 e. The molecule has 1 aromatic heterocycles. The zero-order chi connectivity index (χ0) is 15.1. The highest BCUT2D eigenvalue weighted by molar-refractivity contribution is 6.04. The van der Waals surface area contributed by atoms with Crippen molar-refractivity contribution in [1.82, 2.24) is 9.88 Å². The van der Waals surface area contributed by atoms with Crippen molar-refractivity contribution in [2.45, 2.75) is 18.8 Å². The molecule has 2 heterocycles. The number of carbonyl (C=O) groups excluding carboxylic acids is 2. The second kappa shape index (κ2) is 4.73. The van der Waals surface area contributed by atoms with Gasteiger partial charge >= 0.3 is 5.97 Å². The number of benzene rings is 1. The van der Waals surface area contributed by atoms with E-state index in [-0.39, 0.29) is 17.4 Å². The van der Waals surface area contributed by atoms with E-state index in [1.807, 2.05) is 12.1 Å². The second-order valence-electron chi connectivity index (χ2n) is 5.18. The number of para-hydroxylation sites is 1. The van der Waals surface area contributed by atoms with E-state index in [4.69, 9.17) is 0 Å². The molecule has 1 unspecified atom stereocenters. The van der Waals surface area contributed by atoms with E-state index in [0.29, 0.717) is 18.4 Å². The Labute approximate surface area is 120 Å². The van der Waals surface area contributed by atoms with E-state index in [1.165, 1.54) is 0 Å². The van der Waals surface area contributed by atoms with E-state index in [2.05, 4.69) is 5.32 Å². The number of carbonyl (C=O) groups is 3. The van der Waals surface area contributed by atoms with Gasteiger partial charge in [-0.3, -0.25) is 14.9 Å². The zero-order valence-corrected chi connectivity index (χ0v) is 11.4. The molecule has 3 rings (SSSR count). The van der Waals surface area contributed by atoms with Gasteiger partial charge in [0.1, 0.15) is 0 Å². The number of amides is 2. The summed E-state index contributed by atoms with van der Waals surface area (Å²) in [6, 6.07) is 6.86. The number of aryl methyl sites for hydroxylation is 1. The van der Waals surface area contributed by atoms with E-state index >= 15 is 0 Å². The molecule has 6 heteroatoms. The number of aromatic nitrogens is 1. The molecule has 1 atom stereocenters. The lowest BCUT2D eigenvalue weighted by Crippen LogP contribution is -2.40. The van der Waals surface area contributed by atoms with Crippen LogP contribution in [0.2, 0.25) is 0 Å². The van der Waals surface area contributed by atoms with Gasteiger partial charge in [0.25, 0.3) is 0 Å². The molecule has 1 aromatic carbocycles. The van der Waals surface area contributed by atoms with Crippen molar-refractivity contribution in [3.8, 4) is 0 Å². The summed E-state index contributed by atoms with van der Waals surface area (Å²) in [5.74, 6) is -2.02. The van der Waals surface area contributed by atoms with Crippen LogP contribution in [0.15, 0.2) is 24.3 Å². The second-order valence-corrected chi connectivity index (χ2v) is 5.18. The average molecular weight is 286 g/mol. The molecule has 6 nitrogen and oxygen atoms in total. The Morgan fingerprint density at radius 3 is 2.81 bits per heavy atom. The number of rotatable bonds is 2. The molecule has 0 spiro atoms. The van der Waals surface area contributed by atoms with Gasteiger partial charge in [0, 0.05) is 24.5 Å². The molecule has 1 aliphatic rings. The summed E-state index contributed by atoms with van der Waals surface area (Å²) in [4.78, 5) is 34.5. The third-order valence-corrected chi connectivity index (χ3v) is 3.92. The Balaban J connectivity index is 2.14. The van der Waals surface area contributed by atoms with Gasteiger partial charge in [0.2, 0.25) is 11.8 Å². The van der Waals surface area contributed by atoms with Crippen molar-refractivity contribution < 1.29 is 19.5 Å². The number of piperidine rings is 1. The van der Waals surface area contributed by atoms with Crippen LogP contribution in [0.25, 0.3) is 10.9 Å². The van der Waals surface area contributed by atoms with Crippen LogP contribution >= 0.6 is 0 Å². The minimum absolute atomic E-state index is 0.202. The van der Waals surface area contributed by atoms with Crippen LogP contribution in [-0.4, -0.2) is 27.5 Å². The molecule has 0 saturated carbocycles. The van der Waals surface area contributed by atoms with E-state index in [1.54, 1.807) is 23.7 Å². The quantitative estimate of drug-likeness (QED) is 0.817. The fourth-order valence-corrected chi connectivity index (χ4v) is 2.92. The van der Waals surface area contributed by atoms with Crippen molar-refractivity contribution in [3.05, 3.63) is 35.5 Å². The predicted molar refractivity (Wildman–Crippen MR) is 75.0 cm³/mol. The fraction of sp³-hybridized carbons (Fsp3) is 0.267. The summed E-state index contributed by atoms with van der Waals surface area (Å²) in [5.41, 5.74) is 1.52. The maximum absolute atomic E-state index is 12.0. The summed E-state index contributed by atoms with van der Waals surface area (Å²) >= 11 is 0. The van der Waals surface area contributed by atoms with Crippen molar-refractivity contribution in [2.75, 3.05) is 0 Å². The minimum Gasteiger partial charge on any atom is -0.478 e. The van der Waals surface area contributed by atoms with Crippen molar-refractivity contribution in [1.29, 1.82) is 0 Å². The topological polar surface area (TPSA) is 88.4 Å². The molecule has 1 fully saturated rings. The Bertz CT molecular complexity index is 775. The predicted octanol–water partition coefficient (Wildman–Crippen LogP) is 1.40. The molecule has 0 aliphatic carbocycles. The van der Waals surface area contributed by atoms with E-state index < -0.39 is 11.9 Å². The third kappa shape index (κ3) is 2.08. The molecule has 2 aromatic rings. The van der Waals surface area contributed by atoms with E-state index in [0.717, 1.165) is 11.1 Å². The number of hydrogen-bond acceptors (Lipinski definition) is 3. The van der Waals surface area contributed by atoms with Crippen LogP contribution < -0.4 is 5.32 Å². The number of fused-ring (bicyclic) bond motifs is 1. The van der Waals surface area contributed by atoms with Crippen molar-refractivity contribution in [3.63, 3.8) is 0 Å². The summed E-state index contributed by atoms with van der Waals surface area (Å²) in [6.07, 6.45) is 0.737. The number of carboxylic acid groups (broad SMARTS) is 1. The van der Waals surface area contributed by atoms with Crippen LogP contribution in [0.3, 0.4) is 0 Å². The monoisotopic (exact) mass is 286 g/mol. The lowest BCUT2D eigenvalue weighted by atomic mass is 9.94. The first-order valence-electron chi connectivity index (χ1n) is 6.64. The number of imide groups is 1. The average Bonchev–Trinajstić information content (AvgIpc) is 2.76. The summed E-state index contributed by atoms with van der Waals surface area (Å²) in [7, 11) is 1.74. The van der Waals surface area contributed by atoms with Crippen LogP contribution in [0, 0.1) is 0 Å². The molecule has 2 N–H and O–H groups in total. The lowest BCUT2D eigenvalue weighted by Gasteiger charge is -2.21. The summed E-state index contributed by atoms with van der Waals surface area (Å²) < 4.78 is 1.73. The molecule has 21 heavy (non-hydrogen) atoms. The SMILES string of the molecule is Cn1c(C2CCC(=O)NC2=O)cc2cccc(C(=O)O)c21. The smallest absolute Gasteiger partial charge is 0.337 e. The van der Waals surface area contributed by atoms with Crippen molar-refractivity contribution >= 4 is 28.7 Å². The number of aromatic carboxylic acids is 1. The van der Waals surface area contributed by atoms with Gasteiger partial charge in [0.15, 0.2) is 0 Å². The van der Waals surface area contributed by atoms with Crippen LogP contribution in [0.4, 0.5) is 0 Å². The first-order chi connectivity index (χ1) is 9.99. The number of nitrogens with zero attached hydrogens (tertiary/aromatic N) is 1. The molecule has 0 radical (unpaired) electrons. The normalized spacial score (nSPS) is 18.8. The van der Waals surface area contributed by atoms with Gasteiger partial charge in [-0.2, -0.15) is 0 Å². The van der Waals surface area contributed by atoms with E-state index in [9.17, 15) is 19.5 Å². The fourth-order valence-electron chi connectivity index (χ4n) is 2.92. The Kier molecular flexibility index (Phi) is 3.01. The Hall–Kier alpha value is -2.63. The molecule has 108 valence electrons. The van der Waals surface area contributed by atoms with Gasteiger partial charge < -0.3 is 9.67 Å². The first kappa shape index (κ1) is 13.4. The van der Waals surface area contributed by atoms with Gasteiger partial charge in [-0.1, -0.05) is 12.1 Å². The maximum atomic E-state index is 12.0. The van der Waals surface area contributed by atoms with Crippen LogP contribution in [0.1, 0.15) is 34.8 Å². The highest BCUT2D eigenvalue weighted by Crippen LogP contribution is 2.31. The zero-order valence-electron chi connectivity index (χ0n) is 11.4. The molecule has 0 bridgehead atoms. The van der Waals surface area contributed by atoms with Crippen molar-refractivity contribution in [2.24, 2.45) is 7.05 Å². The van der Waals surface area contributed by atoms with Crippen LogP contribution in [0.5, 0.6) is 0 Å². The van der Waals surface area contributed by atoms with Gasteiger partial charge in [0.05, 0.1) is 17.0 Å². The van der Waals surface area contributed by atoms with Crippen LogP contribution in [-0.2, 0) is 16.6 Å². The highest BCUT2D eigenvalue weighted by Gasteiger charge is 2.30. The molecule has 1 aliphatic heterocycles. The van der Waals surface area contributed by atoms with Gasteiger partial charge in [-0.05, 0) is 18.6 Å². The lowest BCUT2D eigenvalue weighted by molar-refractivity contribution is -0.134. The molecular formula is C15H14N2O4. The van der Waals surface area contributed by atoms with Gasteiger partial charge in [-0.25, -0.2) is 4.79 Å². The number of nitrogens with one attached hydrogen (secondary N) is 1.